The molecular weight excluding hydrogens is 453 g/mol. The molecule has 3 heterocycles. The summed E-state index contributed by atoms with van der Waals surface area (Å²) in [6.07, 6.45) is -2.78. The Morgan fingerprint density at radius 1 is 1.34 bits per heavy atom. The lowest BCUT2D eigenvalue weighted by Gasteiger charge is -2.40. The summed E-state index contributed by atoms with van der Waals surface area (Å²) in [7, 11) is 1.38. The van der Waals surface area contributed by atoms with Gasteiger partial charge in [0.2, 0.25) is 0 Å². The number of hydrogen-bond acceptors (Lipinski definition) is 8. The van der Waals surface area contributed by atoms with Crippen molar-refractivity contribution < 1.29 is 41.7 Å². The molecule has 2 saturated heterocycles. The predicted molar refractivity (Wildman–Crippen MR) is 106 cm³/mol. The average molecular weight is 474 g/mol. The van der Waals surface area contributed by atoms with Crippen molar-refractivity contribution in [1.29, 1.82) is 0 Å². The van der Waals surface area contributed by atoms with E-state index in [1.807, 2.05) is 5.38 Å². The number of rotatable bonds is 7. The van der Waals surface area contributed by atoms with Crippen LogP contribution in [0.4, 0.5) is 13.2 Å². The molecule has 0 spiro atoms. The van der Waals surface area contributed by atoms with Crippen molar-refractivity contribution in [2.75, 3.05) is 40.2 Å². The molecule has 1 amide bonds. The molecule has 0 saturated carbocycles. The first kappa shape index (κ1) is 22.8. The van der Waals surface area contributed by atoms with E-state index >= 15 is 0 Å². The standard InChI is InChI=1S/C20H21F3N2O6S/c1-27-15-10-13(2-3-14(15)28-7-8-30-20(21,22)23)17(26)25-6-4-19(18-24-5-9-32-18)16(11-25)29-12-31-19/h2-3,5,9-10,16H,4,6-8,11-12H2,1H3/t16-,19-/m1/s1. The molecule has 1 aromatic heterocycles. The van der Waals surface area contributed by atoms with Crippen molar-refractivity contribution >= 4 is 17.2 Å². The van der Waals surface area contributed by atoms with Crippen LogP contribution < -0.4 is 9.47 Å². The van der Waals surface area contributed by atoms with Gasteiger partial charge in [0.15, 0.2) is 17.1 Å². The second-order valence-electron chi connectivity index (χ2n) is 7.15. The third-order valence-electron chi connectivity index (χ3n) is 5.34. The van der Waals surface area contributed by atoms with Gasteiger partial charge in [-0.2, -0.15) is 0 Å². The van der Waals surface area contributed by atoms with Gasteiger partial charge >= 0.3 is 6.36 Å². The van der Waals surface area contributed by atoms with E-state index in [1.165, 1.54) is 30.6 Å². The minimum Gasteiger partial charge on any atom is -0.493 e. The number of carbonyl (C=O) groups is 1. The van der Waals surface area contributed by atoms with Gasteiger partial charge in [-0.15, -0.1) is 24.5 Å². The minimum absolute atomic E-state index is 0.143. The summed E-state index contributed by atoms with van der Waals surface area (Å²) in [6, 6.07) is 4.52. The number of amides is 1. The van der Waals surface area contributed by atoms with E-state index in [0.29, 0.717) is 25.1 Å². The zero-order chi connectivity index (χ0) is 22.8. The van der Waals surface area contributed by atoms with E-state index in [9.17, 15) is 18.0 Å². The quantitative estimate of drug-likeness (QED) is 0.571. The van der Waals surface area contributed by atoms with Crippen molar-refractivity contribution in [2.24, 2.45) is 0 Å². The lowest BCUT2D eigenvalue weighted by molar-refractivity contribution is -0.325. The SMILES string of the molecule is COc1cc(C(=O)N2CC[C@@]3(c4nccs4)OCO[C@@H]3C2)ccc1OCCOC(F)(F)F. The largest absolute Gasteiger partial charge is 0.522 e. The van der Waals surface area contributed by atoms with Gasteiger partial charge in [0.25, 0.3) is 5.91 Å². The van der Waals surface area contributed by atoms with Crippen molar-refractivity contribution in [1.82, 2.24) is 9.88 Å². The Bertz CT molecular complexity index is 942. The maximum absolute atomic E-state index is 13.1. The fraction of sp³-hybridized carbons (Fsp3) is 0.500. The average Bonchev–Trinajstić information content (AvgIpc) is 3.45. The number of likely N-dealkylation sites (tertiary alicyclic amines) is 1. The molecule has 0 radical (unpaired) electrons. The van der Waals surface area contributed by atoms with Gasteiger partial charge in [-0.3, -0.25) is 9.53 Å². The molecular formula is C20H21F3N2O6S. The van der Waals surface area contributed by atoms with Gasteiger partial charge in [-0.25, -0.2) is 4.98 Å². The Morgan fingerprint density at radius 3 is 2.91 bits per heavy atom. The zero-order valence-corrected chi connectivity index (χ0v) is 17.9. The van der Waals surface area contributed by atoms with Gasteiger partial charge < -0.3 is 23.8 Å². The van der Waals surface area contributed by atoms with Gasteiger partial charge in [0.05, 0.1) is 20.3 Å². The number of thiazole rings is 1. The number of methoxy groups -OCH3 is 1. The summed E-state index contributed by atoms with van der Waals surface area (Å²) < 4.78 is 62.1. The van der Waals surface area contributed by atoms with Crippen LogP contribution in [0, 0.1) is 0 Å². The van der Waals surface area contributed by atoms with Gasteiger partial charge in [0, 0.05) is 30.1 Å². The molecule has 0 aliphatic carbocycles. The maximum atomic E-state index is 13.1. The summed E-state index contributed by atoms with van der Waals surface area (Å²) in [5, 5.41) is 2.72. The molecule has 0 bridgehead atoms. The first-order valence-corrected chi connectivity index (χ1v) is 10.7. The van der Waals surface area contributed by atoms with Crippen molar-refractivity contribution in [3.63, 3.8) is 0 Å². The van der Waals surface area contributed by atoms with Crippen LogP contribution in [0.5, 0.6) is 11.5 Å². The van der Waals surface area contributed by atoms with Crippen LogP contribution in [-0.2, 0) is 19.8 Å². The molecule has 2 aliphatic rings. The van der Waals surface area contributed by atoms with Crippen LogP contribution in [0.1, 0.15) is 21.8 Å². The van der Waals surface area contributed by atoms with E-state index in [2.05, 4.69) is 9.72 Å². The first-order valence-electron chi connectivity index (χ1n) is 9.79. The van der Waals surface area contributed by atoms with E-state index in [0.717, 1.165) is 5.01 Å². The fourth-order valence-electron chi connectivity index (χ4n) is 3.81. The number of halogens is 3. The van der Waals surface area contributed by atoms with Gasteiger partial charge in [-0.05, 0) is 18.2 Å². The summed E-state index contributed by atoms with van der Waals surface area (Å²) in [6.45, 7) is -0.0515. The number of fused-ring (bicyclic) bond motifs is 1. The van der Waals surface area contributed by atoms with Crippen LogP contribution in [0.3, 0.4) is 0 Å². The Labute approximate surface area is 185 Å². The first-order chi connectivity index (χ1) is 15.3. The Hall–Kier alpha value is -2.41. The van der Waals surface area contributed by atoms with E-state index in [4.69, 9.17) is 18.9 Å². The molecule has 32 heavy (non-hydrogen) atoms. The highest BCUT2D eigenvalue weighted by molar-refractivity contribution is 7.09. The molecule has 12 heteroatoms. The number of carbonyl (C=O) groups excluding carboxylic acids is 1. The number of alkyl halides is 3. The summed E-state index contributed by atoms with van der Waals surface area (Å²) in [5.74, 6) is 0.222. The van der Waals surface area contributed by atoms with Gasteiger partial charge in [0.1, 0.15) is 24.5 Å². The summed E-state index contributed by atoms with van der Waals surface area (Å²) >= 11 is 1.50. The second-order valence-corrected chi connectivity index (χ2v) is 8.05. The molecule has 0 N–H and O–H groups in total. The number of ether oxygens (including phenoxy) is 5. The van der Waals surface area contributed by atoms with Gasteiger partial charge in [-0.1, -0.05) is 0 Å². The highest BCUT2D eigenvalue weighted by atomic mass is 32.1. The Morgan fingerprint density at radius 2 is 2.19 bits per heavy atom. The number of hydrogen-bond donors (Lipinski definition) is 0. The van der Waals surface area contributed by atoms with E-state index in [1.54, 1.807) is 17.2 Å². The molecule has 4 rings (SSSR count). The molecule has 1 aromatic carbocycles. The Kier molecular flexibility index (Phi) is 6.56. The molecule has 8 nitrogen and oxygen atoms in total. The maximum Gasteiger partial charge on any atom is 0.522 e. The molecule has 2 atom stereocenters. The third kappa shape index (κ3) is 4.68. The van der Waals surface area contributed by atoms with Crippen LogP contribution in [-0.4, -0.2) is 68.5 Å². The minimum atomic E-state index is -4.72. The third-order valence-corrected chi connectivity index (χ3v) is 6.28. The molecule has 2 aliphatic heterocycles. The number of aromatic nitrogens is 1. The van der Waals surface area contributed by atoms with E-state index in [-0.39, 0.29) is 36.9 Å². The normalized spacial score (nSPS) is 23.1. The lowest BCUT2D eigenvalue weighted by atomic mass is 9.89. The van der Waals surface area contributed by atoms with Crippen LogP contribution in [0.2, 0.25) is 0 Å². The number of benzene rings is 1. The van der Waals surface area contributed by atoms with Crippen molar-refractivity contribution in [3.8, 4) is 11.5 Å². The summed E-state index contributed by atoms with van der Waals surface area (Å²) in [4.78, 5) is 19.2. The smallest absolute Gasteiger partial charge is 0.493 e. The molecule has 174 valence electrons. The Balaban J connectivity index is 1.41. The zero-order valence-electron chi connectivity index (χ0n) is 17.1. The predicted octanol–water partition coefficient (Wildman–Crippen LogP) is 3.18. The number of piperidine rings is 1. The highest BCUT2D eigenvalue weighted by Gasteiger charge is 2.52. The lowest BCUT2D eigenvalue weighted by Crippen LogP contribution is -2.53. The fourth-order valence-corrected chi connectivity index (χ4v) is 4.67. The molecule has 2 fully saturated rings. The van der Waals surface area contributed by atoms with Crippen LogP contribution >= 0.6 is 11.3 Å². The highest BCUT2D eigenvalue weighted by Crippen LogP contribution is 2.43. The monoisotopic (exact) mass is 474 g/mol. The van der Waals surface area contributed by atoms with Crippen molar-refractivity contribution in [3.05, 3.63) is 40.3 Å². The number of nitrogens with zero attached hydrogens (tertiary/aromatic N) is 2. The topological polar surface area (TPSA) is 79.4 Å². The van der Waals surface area contributed by atoms with Crippen molar-refractivity contribution in [2.45, 2.75) is 24.5 Å². The summed E-state index contributed by atoms with van der Waals surface area (Å²) in [5.41, 5.74) is -0.278. The van der Waals surface area contributed by atoms with Crippen LogP contribution in [0.25, 0.3) is 0 Å². The second kappa shape index (κ2) is 9.22. The van der Waals surface area contributed by atoms with E-state index < -0.39 is 18.6 Å². The molecule has 2 aromatic rings. The van der Waals surface area contributed by atoms with Crippen LogP contribution in [0.15, 0.2) is 29.8 Å². The molecule has 0 unspecified atom stereocenters.